The molecule has 9 heteroatoms. The number of nitrogens with zero attached hydrogens (tertiary/aromatic N) is 5. The first kappa shape index (κ1) is 22.7. The highest BCUT2D eigenvalue weighted by Gasteiger charge is 2.44. The van der Waals surface area contributed by atoms with Gasteiger partial charge in [0, 0.05) is 37.2 Å². The Morgan fingerprint density at radius 1 is 1.25 bits per heavy atom. The Kier molecular flexibility index (Phi) is 5.72. The van der Waals surface area contributed by atoms with Gasteiger partial charge in [-0.3, -0.25) is 14.4 Å². The zero-order valence-electron chi connectivity index (χ0n) is 20.4. The third kappa shape index (κ3) is 4.13. The maximum absolute atomic E-state index is 15.2. The summed E-state index contributed by atoms with van der Waals surface area (Å²) >= 11 is 0. The van der Waals surface area contributed by atoms with E-state index in [9.17, 15) is 4.79 Å². The van der Waals surface area contributed by atoms with Crippen molar-refractivity contribution in [1.29, 1.82) is 0 Å². The zero-order valence-corrected chi connectivity index (χ0v) is 20.4. The van der Waals surface area contributed by atoms with E-state index in [1.165, 1.54) is 16.3 Å². The summed E-state index contributed by atoms with van der Waals surface area (Å²) in [6.07, 6.45) is 4.88. The van der Waals surface area contributed by atoms with Crippen molar-refractivity contribution in [3.05, 3.63) is 66.2 Å². The van der Waals surface area contributed by atoms with E-state index < -0.39 is 5.82 Å². The molecule has 3 aromatic heterocycles. The van der Waals surface area contributed by atoms with E-state index in [1.807, 2.05) is 18.2 Å². The van der Waals surface area contributed by atoms with E-state index in [4.69, 9.17) is 4.74 Å². The van der Waals surface area contributed by atoms with Crippen molar-refractivity contribution in [2.75, 3.05) is 25.0 Å². The Balaban J connectivity index is 1.20. The van der Waals surface area contributed by atoms with E-state index in [1.54, 1.807) is 30.1 Å². The van der Waals surface area contributed by atoms with Gasteiger partial charge in [0.25, 0.3) is 0 Å². The van der Waals surface area contributed by atoms with Gasteiger partial charge in [0.1, 0.15) is 12.3 Å². The third-order valence-electron chi connectivity index (χ3n) is 7.42. The molecular weight excluding hydrogens is 459 g/mol. The molecule has 1 N–H and O–H groups in total. The van der Waals surface area contributed by atoms with Crippen molar-refractivity contribution in [1.82, 2.24) is 24.3 Å². The predicted octanol–water partition coefficient (Wildman–Crippen LogP) is 4.09. The highest BCUT2D eigenvalue weighted by Crippen LogP contribution is 2.47. The minimum Gasteiger partial charge on any atom is -0.488 e. The number of nitrogens with one attached hydrogen (secondary N) is 1. The van der Waals surface area contributed by atoms with Crippen LogP contribution in [0.15, 0.2) is 54.9 Å². The monoisotopic (exact) mass is 488 g/mol. The van der Waals surface area contributed by atoms with Gasteiger partial charge in [0.2, 0.25) is 5.91 Å². The van der Waals surface area contributed by atoms with E-state index in [0.717, 1.165) is 25.9 Å². The third-order valence-corrected chi connectivity index (χ3v) is 7.42. The van der Waals surface area contributed by atoms with Crippen LogP contribution >= 0.6 is 0 Å². The number of hydrogen-bond donors (Lipinski definition) is 1. The predicted molar refractivity (Wildman–Crippen MR) is 134 cm³/mol. The number of hydrogen-bond acceptors (Lipinski definition) is 5. The van der Waals surface area contributed by atoms with Crippen LogP contribution in [0.2, 0.25) is 0 Å². The Labute approximate surface area is 208 Å². The largest absolute Gasteiger partial charge is 0.488 e. The summed E-state index contributed by atoms with van der Waals surface area (Å²) < 4.78 is 24.4. The molecule has 0 unspecified atom stereocenters. The van der Waals surface area contributed by atoms with Crippen LogP contribution < -0.4 is 10.1 Å². The fraction of sp³-hybridized carbons (Fsp3) is 0.370. The van der Waals surface area contributed by atoms with Crippen molar-refractivity contribution in [2.45, 2.75) is 31.7 Å². The molecule has 186 valence electrons. The summed E-state index contributed by atoms with van der Waals surface area (Å²) in [7, 11) is 1.77. The van der Waals surface area contributed by atoms with Gasteiger partial charge in [-0.2, -0.15) is 5.10 Å². The van der Waals surface area contributed by atoms with Gasteiger partial charge in [-0.05, 0) is 36.9 Å². The number of likely N-dealkylation sites (tertiary alicyclic amines) is 1. The first-order valence-corrected chi connectivity index (χ1v) is 12.5. The van der Waals surface area contributed by atoms with E-state index in [0.29, 0.717) is 41.0 Å². The Hall–Kier alpha value is -3.72. The summed E-state index contributed by atoms with van der Waals surface area (Å²) in [6, 6.07) is 13.9. The number of carbonyl (C=O) groups excluding carboxylic acids is 1. The number of anilines is 1. The molecule has 4 aromatic rings. The fourth-order valence-corrected chi connectivity index (χ4v) is 5.14. The molecule has 1 saturated heterocycles. The molecule has 8 nitrogen and oxygen atoms in total. The smallest absolute Gasteiger partial charge is 0.229 e. The summed E-state index contributed by atoms with van der Waals surface area (Å²) in [5.41, 5.74) is 2.80. The van der Waals surface area contributed by atoms with Crippen molar-refractivity contribution >= 4 is 17.2 Å². The van der Waals surface area contributed by atoms with E-state index in [-0.39, 0.29) is 17.7 Å². The van der Waals surface area contributed by atoms with Crippen LogP contribution in [-0.2, 0) is 11.8 Å². The Morgan fingerprint density at radius 3 is 2.83 bits per heavy atom. The van der Waals surface area contributed by atoms with Gasteiger partial charge in [-0.1, -0.05) is 37.3 Å². The lowest BCUT2D eigenvalue weighted by atomic mass is 10.0. The summed E-state index contributed by atoms with van der Waals surface area (Å²) in [5.74, 6) is 0.617. The van der Waals surface area contributed by atoms with E-state index >= 15 is 4.39 Å². The number of benzene rings is 1. The van der Waals surface area contributed by atoms with Gasteiger partial charge in [-0.15, -0.1) is 5.10 Å². The van der Waals surface area contributed by atoms with Gasteiger partial charge in [0.05, 0.1) is 17.9 Å². The number of ether oxygens (including phenoxy) is 1. The lowest BCUT2D eigenvalue weighted by Gasteiger charge is -2.39. The first-order valence-electron chi connectivity index (χ1n) is 12.5. The standard InChI is InChI=1S/C27H29FN6O2/c1-3-33-10-9-18(33)16-36-24-14-29-32(2)26(24)22-11-19-12-25(31-34(19)15-23(22)28)30-27(35)21-13-20(21)17-7-5-4-6-8-17/h4-8,11-12,14-15,18,20-21H,3,9-10,13,16H2,1-2H3,(H,30,31,35)/t18-,20+,21+/m1/s1. The molecule has 1 aliphatic carbocycles. The van der Waals surface area contributed by atoms with Crippen LogP contribution in [0.4, 0.5) is 10.2 Å². The summed E-state index contributed by atoms with van der Waals surface area (Å²) in [6.45, 7) is 4.77. The van der Waals surface area contributed by atoms with Crippen molar-refractivity contribution in [2.24, 2.45) is 13.0 Å². The molecule has 0 radical (unpaired) electrons. The van der Waals surface area contributed by atoms with Crippen LogP contribution in [0.3, 0.4) is 0 Å². The number of carbonyl (C=O) groups is 1. The second kappa shape index (κ2) is 9.05. The molecule has 1 aliphatic heterocycles. The van der Waals surface area contributed by atoms with Crippen molar-refractivity contribution < 1.29 is 13.9 Å². The number of likely N-dealkylation sites (N-methyl/N-ethyl adjacent to an activating group) is 1. The highest BCUT2D eigenvalue weighted by molar-refractivity contribution is 5.95. The molecule has 36 heavy (non-hydrogen) atoms. The lowest BCUT2D eigenvalue weighted by molar-refractivity contribution is -0.117. The normalized spacial score (nSPS) is 21.4. The fourth-order valence-electron chi connectivity index (χ4n) is 5.14. The van der Waals surface area contributed by atoms with Crippen LogP contribution in [-0.4, -0.2) is 55.9 Å². The molecular formula is C27H29FN6O2. The molecule has 1 aromatic carbocycles. The Bertz CT molecular complexity index is 1410. The maximum Gasteiger partial charge on any atom is 0.229 e. The molecule has 4 heterocycles. The quantitative estimate of drug-likeness (QED) is 0.404. The second-order valence-electron chi connectivity index (χ2n) is 9.65. The summed E-state index contributed by atoms with van der Waals surface area (Å²) in [5, 5.41) is 11.6. The minimum absolute atomic E-state index is 0.0626. The van der Waals surface area contributed by atoms with Crippen molar-refractivity contribution in [3.63, 3.8) is 0 Å². The Morgan fingerprint density at radius 2 is 2.08 bits per heavy atom. The van der Waals surface area contributed by atoms with Crippen LogP contribution in [0, 0.1) is 11.7 Å². The number of pyridine rings is 1. The number of fused-ring (bicyclic) bond motifs is 1. The molecule has 0 spiro atoms. The SMILES string of the molecule is CCN1CC[C@@H]1COc1cnn(C)c1-c1cc2cc(NC(=O)[C@H]3C[C@H]3c3ccccc3)nn2cc1F. The van der Waals surface area contributed by atoms with Crippen LogP contribution in [0.1, 0.15) is 31.2 Å². The lowest BCUT2D eigenvalue weighted by Crippen LogP contribution is -2.50. The van der Waals surface area contributed by atoms with Gasteiger partial charge < -0.3 is 10.1 Å². The van der Waals surface area contributed by atoms with Crippen LogP contribution in [0.5, 0.6) is 5.75 Å². The number of halogens is 1. The number of rotatable bonds is 8. The van der Waals surface area contributed by atoms with Crippen molar-refractivity contribution in [3.8, 4) is 17.0 Å². The second-order valence-corrected chi connectivity index (χ2v) is 9.65. The number of aromatic nitrogens is 4. The molecule has 6 rings (SSSR count). The van der Waals surface area contributed by atoms with Gasteiger partial charge in [0.15, 0.2) is 17.4 Å². The molecule has 2 fully saturated rings. The topological polar surface area (TPSA) is 76.7 Å². The average Bonchev–Trinajstić information content (AvgIpc) is 3.46. The molecule has 2 aliphatic rings. The number of aryl methyl sites for hydroxylation is 1. The minimum atomic E-state index is -0.443. The maximum atomic E-state index is 15.2. The molecule has 1 amide bonds. The molecule has 3 atom stereocenters. The zero-order chi connectivity index (χ0) is 24.8. The number of amides is 1. The molecule has 0 bridgehead atoms. The van der Waals surface area contributed by atoms with Gasteiger partial charge in [-0.25, -0.2) is 8.91 Å². The first-order chi connectivity index (χ1) is 17.5. The van der Waals surface area contributed by atoms with Gasteiger partial charge >= 0.3 is 0 Å². The van der Waals surface area contributed by atoms with Crippen LogP contribution in [0.25, 0.3) is 16.8 Å². The van der Waals surface area contributed by atoms with E-state index in [2.05, 4.69) is 39.5 Å². The average molecular weight is 489 g/mol. The molecule has 1 saturated carbocycles. The summed E-state index contributed by atoms with van der Waals surface area (Å²) in [4.78, 5) is 15.1. The highest BCUT2D eigenvalue weighted by atomic mass is 19.1.